The van der Waals surface area contributed by atoms with Crippen LogP contribution in [0.4, 0.5) is 0 Å². The van der Waals surface area contributed by atoms with E-state index in [4.69, 9.17) is 0 Å². The number of halogens is 1. The van der Waals surface area contributed by atoms with Gasteiger partial charge < -0.3 is 14.6 Å². The zero-order chi connectivity index (χ0) is 22.2. The number of rotatable bonds is 6. The van der Waals surface area contributed by atoms with Crippen LogP contribution in [0.15, 0.2) is 61.1 Å². The van der Waals surface area contributed by atoms with Gasteiger partial charge in [0.25, 0.3) is 0 Å². The maximum Gasteiger partial charge on any atom is 0.237 e. The van der Waals surface area contributed by atoms with Gasteiger partial charge in [-0.05, 0) is 58.0 Å². The highest BCUT2D eigenvalue weighted by Crippen LogP contribution is 2.17. The van der Waals surface area contributed by atoms with Gasteiger partial charge in [0, 0.05) is 42.5 Å². The number of carbonyl (C=O) groups is 1. The molecule has 31 heavy (non-hydrogen) atoms. The lowest BCUT2D eigenvalue weighted by Gasteiger charge is -2.34. The number of hydrogen-bond acceptors (Lipinski definition) is 4. The zero-order valence-corrected chi connectivity index (χ0v) is 20.2. The topological polar surface area (TPSA) is 61.6 Å². The molecule has 7 heteroatoms. The van der Waals surface area contributed by atoms with Gasteiger partial charge in [0.2, 0.25) is 5.91 Å². The lowest BCUT2D eigenvalue weighted by molar-refractivity contribution is -0.136. The average Bonchev–Trinajstić information content (AvgIpc) is 3.18. The van der Waals surface area contributed by atoms with Crippen LogP contribution in [0.5, 0.6) is 5.75 Å². The molecular weight excluding hydrogens is 503 g/mol. The molecule has 2 aromatic carbocycles. The van der Waals surface area contributed by atoms with E-state index in [0.29, 0.717) is 26.2 Å². The fourth-order valence-corrected chi connectivity index (χ4v) is 4.23. The van der Waals surface area contributed by atoms with E-state index < -0.39 is 0 Å². The normalized spacial score (nSPS) is 14.3. The number of imidazole rings is 1. The number of phenols is 1. The maximum absolute atomic E-state index is 12.6. The van der Waals surface area contributed by atoms with E-state index in [0.717, 1.165) is 24.3 Å². The molecule has 1 N–H and O–H groups in total. The summed E-state index contributed by atoms with van der Waals surface area (Å²) >= 11 is 2.32. The van der Waals surface area contributed by atoms with Crippen LogP contribution in [-0.4, -0.2) is 50.0 Å². The van der Waals surface area contributed by atoms with Gasteiger partial charge in [-0.2, -0.15) is 0 Å². The predicted octanol–water partition coefficient (Wildman–Crippen LogP) is 4.11. The average molecular weight is 532 g/mol. The molecule has 0 atom stereocenters. The van der Waals surface area contributed by atoms with Crippen LogP contribution in [0.3, 0.4) is 0 Å². The molecule has 0 aliphatic carbocycles. The van der Waals surface area contributed by atoms with Crippen LogP contribution < -0.4 is 0 Å². The van der Waals surface area contributed by atoms with E-state index in [9.17, 15) is 9.90 Å². The van der Waals surface area contributed by atoms with Crippen molar-refractivity contribution in [2.75, 3.05) is 19.6 Å². The fraction of sp³-hybridized carbons (Fsp3) is 0.333. The molecule has 3 aromatic rings. The number of phenolic OH excluding ortho intramolecular Hbond substituents is 1. The first-order valence-electron chi connectivity index (χ1n) is 10.6. The number of aromatic nitrogens is 2. The second-order valence-corrected chi connectivity index (χ2v) is 8.58. The number of amides is 1. The summed E-state index contributed by atoms with van der Waals surface area (Å²) < 4.78 is 3.37. The largest absolute Gasteiger partial charge is 0.508 e. The predicted molar refractivity (Wildman–Crippen MR) is 131 cm³/mol. The Bertz CT molecular complexity index is 1000. The summed E-state index contributed by atoms with van der Waals surface area (Å²) in [5.74, 6) is 0.346. The summed E-state index contributed by atoms with van der Waals surface area (Å²) in [6.45, 7) is 7.91. The standard InChI is InChI=1S/C22H23IN4O2.C2H6/c23-19-5-1-3-17(9-19)13-27-16-24-11-20(27)14-25-7-8-26(22(29)15-25)12-18-4-2-6-21(28)10-18;1-2/h1-6,9-11,16,28H,7-8,12-15H2;1-2H3. The molecule has 1 aliphatic heterocycles. The maximum atomic E-state index is 12.6. The highest BCUT2D eigenvalue weighted by atomic mass is 127. The summed E-state index contributed by atoms with van der Waals surface area (Å²) in [4.78, 5) is 21.0. The van der Waals surface area contributed by atoms with Crippen molar-refractivity contribution in [3.05, 3.63) is 81.4 Å². The van der Waals surface area contributed by atoms with Gasteiger partial charge in [0.1, 0.15) is 5.75 Å². The number of piperazine rings is 1. The highest BCUT2D eigenvalue weighted by Gasteiger charge is 2.24. The summed E-state index contributed by atoms with van der Waals surface area (Å²) in [5.41, 5.74) is 3.30. The first kappa shape index (κ1) is 23.3. The molecule has 0 saturated carbocycles. The third-order valence-electron chi connectivity index (χ3n) is 5.11. The van der Waals surface area contributed by atoms with Crippen molar-refractivity contribution in [3.63, 3.8) is 0 Å². The summed E-state index contributed by atoms with van der Waals surface area (Å²) in [7, 11) is 0. The van der Waals surface area contributed by atoms with Gasteiger partial charge in [-0.1, -0.05) is 38.1 Å². The Morgan fingerprint density at radius 1 is 1.00 bits per heavy atom. The smallest absolute Gasteiger partial charge is 0.237 e. The first-order valence-corrected chi connectivity index (χ1v) is 11.7. The van der Waals surface area contributed by atoms with Gasteiger partial charge in [-0.25, -0.2) is 4.98 Å². The Morgan fingerprint density at radius 3 is 2.45 bits per heavy atom. The Morgan fingerprint density at radius 2 is 1.74 bits per heavy atom. The van der Waals surface area contributed by atoms with E-state index in [2.05, 4.69) is 61.3 Å². The van der Waals surface area contributed by atoms with Gasteiger partial charge >= 0.3 is 0 Å². The molecule has 1 fully saturated rings. The molecule has 0 bridgehead atoms. The monoisotopic (exact) mass is 532 g/mol. The molecule has 0 unspecified atom stereocenters. The lowest BCUT2D eigenvalue weighted by Crippen LogP contribution is -2.49. The van der Waals surface area contributed by atoms with Crippen LogP contribution in [0, 0.1) is 3.57 Å². The van der Waals surface area contributed by atoms with Crippen molar-refractivity contribution in [1.82, 2.24) is 19.4 Å². The zero-order valence-electron chi connectivity index (χ0n) is 18.0. The third-order valence-corrected chi connectivity index (χ3v) is 5.78. The summed E-state index contributed by atoms with van der Waals surface area (Å²) in [6.07, 6.45) is 3.74. The van der Waals surface area contributed by atoms with E-state index in [1.165, 1.54) is 9.13 Å². The molecule has 4 rings (SSSR count). The Balaban J connectivity index is 0.00000132. The van der Waals surface area contributed by atoms with Gasteiger partial charge in [-0.15, -0.1) is 0 Å². The lowest BCUT2D eigenvalue weighted by atomic mass is 10.2. The van der Waals surface area contributed by atoms with E-state index in [1.54, 1.807) is 18.2 Å². The van der Waals surface area contributed by atoms with Crippen molar-refractivity contribution < 1.29 is 9.90 Å². The molecule has 1 saturated heterocycles. The number of carbonyl (C=O) groups excluding carboxylic acids is 1. The third kappa shape index (κ3) is 6.54. The molecule has 1 amide bonds. The van der Waals surface area contributed by atoms with Crippen LogP contribution in [0.25, 0.3) is 0 Å². The van der Waals surface area contributed by atoms with Crippen LogP contribution in [0.1, 0.15) is 30.7 Å². The molecule has 1 aromatic heterocycles. The molecule has 2 heterocycles. The molecule has 6 nitrogen and oxygen atoms in total. The van der Waals surface area contributed by atoms with Crippen LogP contribution in [0.2, 0.25) is 0 Å². The molecule has 0 radical (unpaired) electrons. The van der Waals surface area contributed by atoms with Crippen molar-refractivity contribution >= 4 is 28.5 Å². The first-order chi connectivity index (χ1) is 15.1. The van der Waals surface area contributed by atoms with Gasteiger partial charge in [-0.3, -0.25) is 9.69 Å². The minimum absolute atomic E-state index is 0.114. The number of aromatic hydroxyl groups is 1. The molecule has 164 valence electrons. The Kier molecular flexibility index (Phi) is 8.48. The second kappa shape index (κ2) is 11.3. The van der Waals surface area contributed by atoms with Gasteiger partial charge in [0.15, 0.2) is 0 Å². The molecule has 1 aliphatic rings. The summed E-state index contributed by atoms with van der Waals surface area (Å²) in [5, 5.41) is 9.62. The van der Waals surface area contributed by atoms with Crippen LogP contribution in [-0.2, 0) is 24.4 Å². The van der Waals surface area contributed by atoms with E-state index in [1.807, 2.05) is 37.3 Å². The van der Waals surface area contributed by atoms with Crippen molar-refractivity contribution in [1.29, 1.82) is 0 Å². The highest BCUT2D eigenvalue weighted by molar-refractivity contribution is 14.1. The van der Waals surface area contributed by atoms with Crippen LogP contribution >= 0.6 is 22.6 Å². The van der Waals surface area contributed by atoms with E-state index >= 15 is 0 Å². The number of nitrogens with zero attached hydrogens (tertiary/aromatic N) is 4. The fourth-order valence-electron chi connectivity index (χ4n) is 3.62. The Hall–Kier alpha value is -2.39. The van der Waals surface area contributed by atoms with Crippen molar-refractivity contribution in [2.24, 2.45) is 0 Å². The SMILES string of the molecule is CC.O=C1CN(Cc2cncn2Cc2cccc(I)c2)CCN1Cc1cccc(O)c1. The van der Waals surface area contributed by atoms with Crippen molar-refractivity contribution in [2.45, 2.75) is 33.5 Å². The summed E-state index contributed by atoms with van der Waals surface area (Å²) in [6, 6.07) is 15.5. The van der Waals surface area contributed by atoms with Crippen molar-refractivity contribution in [3.8, 4) is 5.75 Å². The molecular formula is C24H29IN4O2. The Labute approximate surface area is 197 Å². The number of benzene rings is 2. The second-order valence-electron chi connectivity index (χ2n) is 7.34. The minimum atomic E-state index is 0.114. The van der Waals surface area contributed by atoms with E-state index in [-0.39, 0.29) is 11.7 Å². The molecule has 0 spiro atoms. The quantitative estimate of drug-likeness (QED) is 0.486. The van der Waals surface area contributed by atoms with Gasteiger partial charge in [0.05, 0.1) is 18.6 Å². The number of hydrogen-bond donors (Lipinski definition) is 1. The minimum Gasteiger partial charge on any atom is -0.508 e.